The highest BCUT2D eigenvalue weighted by Gasteiger charge is 2.45. The fourth-order valence-electron chi connectivity index (χ4n) is 3.71. The molecule has 0 saturated carbocycles. The van der Waals surface area contributed by atoms with Crippen LogP contribution in [0.2, 0.25) is 0 Å². The average molecular weight is 462 g/mol. The lowest BCUT2D eigenvalue weighted by molar-refractivity contribution is -0.148. The third kappa shape index (κ3) is 7.15. The van der Waals surface area contributed by atoms with E-state index < -0.39 is 54.7 Å². The largest absolute Gasteiger partial charge is 0.462 e. The van der Waals surface area contributed by atoms with Gasteiger partial charge in [0.2, 0.25) is 0 Å². The average Bonchev–Trinajstić information content (AvgIpc) is 2.99. The predicted octanol–water partition coefficient (Wildman–Crippen LogP) is 2.10. The Bertz CT molecular complexity index is 909. The summed E-state index contributed by atoms with van der Waals surface area (Å²) in [6, 6.07) is 0. The molecule has 1 aliphatic heterocycles. The third-order valence-electron chi connectivity index (χ3n) is 5.42. The van der Waals surface area contributed by atoms with Crippen LogP contribution in [0.1, 0.15) is 40.5 Å². The number of ether oxygens (including phenoxy) is 4. The van der Waals surface area contributed by atoms with Gasteiger partial charge in [0.25, 0.3) is 0 Å². The molecule has 0 bridgehead atoms. The smallest absolute Gasteiger partial charge is 0.336 e. The lowest BCUT2D eigenvalue weighted by atomic mass is 9.85. The van der Waals surface area contributed by atoms with E-state index in [-0.39, 0.29) is 24.2 Å². The third-order valence-corrected chi connectivity index (χ3v) is 5.42. The molecule has 0 aromatic heterocycles. The molecule has 1 fully saturated rings. The number of hydrogen-bond acceptors (Lipinski definition) is 9. The first-order valence-electron chi connectivity index (χ1n) is 10.6. The summed E-state index contributed by atoms with van der Waals surface area (Å²) in [5.41, 5.74) is 1.62. The Balaban J connectivity index is 2.36. The Morgan fingerprint density at radius 3 is 2.52 bits per heavy atom. The van der Waals surface area contributed by atoms with E-state index in [0.29, 0.717) is 12.0 Å². The number of carbonyl (C=O) groups excluding carboxylic acids is 4. The van der Waals surface area contributed by atoms with Crippen LogP contribution < -0.4 is 0 Å². The van der Waals surface area contributed by atoms with Gasteiger partial charge in [-0.15, -0.1) is 0 Å². The molecule has 0 amide bonds. The Morgan fingerprint density at radius 1 is 1.21 bits per heavy atom. The van der Waals surface area contributed by atoms with Crippen LogP contribution in [0.3, 0.4) is 0 Å². The van der Waals surface area contributed by atoms with Crippen LogP contribution in [0.5, 0.6) is 0 Å². The van der Waals surface area contributed by atoms with Crippen LogP contribution in [0.25, 0.3) is 0 Å². The van der Waals surface area contributed by atoms with Gasteiger partial charge in [0, 0.05) is 32.3 Å². The fraction of sp³-hybridized carbons (Fsp3) is 0.500. The van der Waals surface area contributed by atoms with Crippen molar-refractivity contribution >= 4 is 23.9 Å². The molecule has 1 heterocycles. The molecule has 33 heavy (non-hydrogen) atoms. The molecule has 2 rings (SSSR count). The van der Waals surface area contributed by atoms with Gasteiger partial charge in [0.05, 0.1) is 18.1 Å². The van der Waals surface area contributed by atoms with Crippen molar-refractivity contribution < 1.29 is 43.2 Å². The maximum absolute atomic E-state index is 12.8. The normalized spacial score (nSPS) is 28.9. The maximum Gasteiger partial charge on any atom is 0.336 e. The molecular formula is C24H30O9. The highest BCUT2D eigenvalue weighted by molar-refractivity contribution is 5.92. The van der Waals surface area contributed by atoms with Gasteiger partial charge >= 0.3 is 23.9 Å². The van der Waals surface area contributed by atoms with E-state index in [1.807, 2.05) is 13.0 Å². The lowest BCUT2D eigenvalue weighted by Gasteiger charge is -2.28. The molecule has 2 aliphatic rings. The standard InChI is InChI=1S/C24H30O9/c1-13-6-7-19(31-17(5)27)14(2)11-21-22(15(3)23(28)32-21)20(10-13)33-24(29)18(12-25)8-9-30-16(4)26/h6,8,11,19-22,25H,3,7,9-10,12H2,1-2,4-5H3/b13-6+,14-11-,18-8+/t19-,20-,21-,22-/m1/s1. The van der Waals surface area contributed by atoms with E-state index in [4.69, 9.17) is 18.9 Å². The van der Waals surface area contributed by atoms with Crippen molar-refractivity contribution in [3.05, 3.63) is 47.1 Å². The molecule has 1 N–H and O–H groups in total. The van der Waals surface area contributed by atoms with Gasteiger partial charge < -0.3 is 24.1 Å². The molecule has 0 unspecified atom stereocenters. The van der Waals surface area contributed by atoms with Crippen LogP contribution in [0.4, 0.5) is 0 Å². The van der Waals surface area contributed by atoms with Gasteiger partial charge in [0.15, 0.2) is 0 Å². The Kier molecular flexibility index (Phi) is 9.16. The minimum atomic E-state index is -0.810. The van der Waals surface area contributed by atoms with Crippen LogP contribution in [0.15, 0.2) is 47.1 Å². The summed E-state index contributed by atoms with van der Waals surface area (Å²) in [6.45, 7) is 9.19. The first-order chi connectivity index (χ1) is 15.5. The lowest BCUT2D eigenvalue weighted by Crippen LogP contribution is -2.34. The first-order valence-corrected chi connectivity index (χ1v) is 10.6. The van der Waals surface area contributed by atoms with E-state index in [0.717, 1.165) is 5.57 Å². The molecule has 0 spiro atoms. The molecule has 1 aliphatic carbocycles. The number of aliphatic hydroxyl groups excluding tert-OH is 1. The molecule has 0 radical (unpaired) electrons. The second-order valence-electron chi connectivity index (χ2n) is 8.05. The highest BCUT2D eigenvalue weighted by atomic mass is 16.6. The van der Waals surface area contributed by atoms with Crippen LogP contribution in [0, 0.1) is 5.92 Å². The minimum Gasteiger partial charge on any atom is -0.462 e. The molecule has 180 valence electrons. The number of aliphatic hydroxyl groups is 1. The quantitative estimate of drug-likeness (QED) is 0.273. The topological polar surface area (TPSA) is 125 Å². The zero-order chi connectivity index (χ0) is 24.7. The van der Waals surface area contributed by atoms with Crippen molar-refractivity contribution in [2.24, 2.45) is 5.92 Å². The van der Waals surface area contributed by atoms with Gasteiger partial charge in [-0.2, -0.15) is 0 Å². The molecule has 4 atom stereocenters. The van der Waals surface area contributed by atoms with Crippen LogP contribution >= 0.6 is 0 Å². The van der Waals surface area contributed by atoms with Crippen molar-refractivity contribution in [3.63, 3.8) is 0 Å². The summed E-state index contributed by atoms with van der Waals surface area (Å²) in [7, 11) is 0. The molecule has 1 saturated heterocycles. The van der Waals surface area contributed by atoms with Gasteiger partial charge in [-0.25, -0.2) is 9.59 Å². The SMILES string of the molecule is C=C1C(=O)O[C@@H]2/C=C(/C)[C@H](OC(C)=O)C/C=C(\C)C[C@@H](OC(=O)/C(=C/COC(C)=O)CO)[C@@H]12. The zero-order valence-electron chi connectivity index (χ0n) is 19.3. The molecular weight excluding hydrogens is 432 g/mol. The van der Waals surface area contributed by atoms with Crippen molar-refractivity contribution in [3.8, 4) is 0 Å². The Morgan fingerprint density at radius 2 is 1.91 bits per heavy atom. The monoisotopic (exact) mass is 462 g/mol. The van der Waals surface area contributed by atoms with Crippen LogP contribution in [-0.4, -0.2) is 60.5 Å². The van der Waals surface area contributed by atoms with Gasteiger partial charge in [-0.1, -0.05) is 18.2 Å². The minimum absolute atomic E-state index is 0.0796. The molecule has 9 nitrogen and oxygen atoms in total. The van der Waals surface area contributed by atoms with E-state index >= 15 is 0 Å². The number of esters is 4. The number of hydrogen-bond donors (Lipinski definition) is 1. The van der Waals surface area contributed by atoms with E-state index in [1.165, 1.54) is 19.9 Å². The zero-order valence-corrected chi connectivity index (χ0v) is 19.3. The molecule has 9 heteroatoms. The van der Waals surface area contributed by atoms with E-state index in [2.05, 4.69) is 6.58 Å². The first kappa shape index (κ1) is 26.1. The number of fused-ring (bicyclic) bond motifs is 1. The number of rotatable bonds is 6. The Labute approximate surface area is 192 Å². The molecule has 0 aromatic carbocycles. The fourth-order valence-corrected chi connectivity index (χ4v) is 3.71. The highest BCUT2D eigenvalue weighted by Crippen LogP contribution is 2.36. The van der Waals surface area contributed by atoms with Crippen molar-refractivity contribution in [2.45, 2.75) is 58.8 Å². The van der Waals surface area contributed by atoms with Crippen molar-refractivity contribution in [1.82, 2.24) is 0 Å². The van der Waals surface area contributed by atoms with Crippen LogP contribution in [-0.2, 0) is 38.1 Å². The van der Waals surface area contributed by atoms with Gasteiger partial charge in [0.1, 0.15) is 24.9 Å². The second-order valence-corrected chi connectivity index (χ2v) is 8.05. The van der Waals surface area contributed by atoms with Gasteiger partial charge in [-0.3, -0.25) is 9.59 Å². The second kappa shape index (κ2) is 11.6. The predicted molar refractivity (Wildman–Crippen MR) is 116 cm³/mol. The summed E-state index contributed by atoms with van der Waals surface area (Å²) in [5.74, 6) is -3.04. The number of carbonyl (C=O) groups is 4. The Hall–Kier alpha value is -3.20. The van der Waals surface area contributed by atoms with Crippen molar-refractivity contribution in [1.29, 1.82) is 0 Å². The summed E-state index contributed by atoms with van der Waals surface area (Å²) >= 11 is 0. The summed E-state index contributed by atoms with van der Waals surface area (Å²) in [5, 5.41) is 9.57. The van der Waals surface area contributed by atoms with E-state index in [9.17, 15) is 24.3 Å². The summed E-state index contributed by atoms with van der Waals surface area (Å²) in [6.07, 6.45) is 3.42. The molecule has 0 aromatic rings. The van der Waals surface area contributed by atoms with Gasteiger partial charge in [-0.05, 0) is 31.6 Å². The maximum atomic E-state index is 12.8. The summed E-state index contributed by atoms with van der Waals surface area (Å²) in [4.78, 5) is 47.5. The van der Waals surface area contributed by atoms with E-state index in [1.54, 1.807) is 13.0 Å². The summed E-state index contributed by atoms with van der Waals surface area (Å²) < 4.78 is 21.4. The van der Waals surface area contributed by atoms with Crippen molar-refractivity contribution in [2.75, 3.05) is 13.2 Å².